The predicted octanol–water partition coefficient (Wildman–Crippen LogP) is 1.49. The molecule has 3 heteroatoms. The van der Waals surface area contributed by atoms with Gasteiger partial charge in [-0.1, -0.05) is 12.8 Å². The molecule has 0 unspecified atom stereocenters. The van der Waals surface area contributed by atoms with Gasteiger partial charge in [-0.2, -0.15) is 0 Å². The number of esters is 1. The lowest BCUT2D eigenvalue weighted by molar-refractivity contribution is -0.143. The van der Waals surface area contributed by atoms with Crippen molar-refractivity contribution in [2.45, 2.75) is 39.0 Å². The Bertz CT molecular complexity index is 112. The summed E-state index contributed by atoms with van der Waals surface area (Å²) in [6.45, 7) is 2.53. The molecule has 0 aromatic heterocycles. The molecule has 72 valence electrons. The van der Waals surface area contributed by atoms with Crippen LogP contribution in [0.25, 0.3) is 0 Å². The fraction of sp³-hybridized carbons (Fsp3) is 0.889. The average molecular weight is 174 g/mol. The summed E-state index contributed by atoms with van der Waals surface area (Å²) < 4.78 is 4.76. The van der Waals surface area contributed by atoms with Gasteiger partial charge in [-0.05, 0) is 19.8 Å². The maximum Gasteiger partial charge on any atom is 0.305 e. The van der Waals surface area contributed by atoms with Gasteiger partial charge in [-0.3, -0.25) is 4.79 Å². The highest BCUT2D eigenvalue weighted by molar-refractivity contribution is 5.69. The van der Waals surface area contributed by atoms with E-state index in [1.54, 1.807) is 0 Å². The van der Waals surface area contributed by atoms with Crippen LogP contribution >= 0.6 is 0 Å². The van der Waals surface area contributed by atoms with Gasteiger partial charge in [0, 0.05) is 13.0 Å². The maximum atomic E-state index is 10.8. The molecular weight excluding hydrogens is 156 g/mol. The molecule has 0 rings (SSSR count). The standard InChI is InChI=1S/C9H18O3/c1-2-12-9(11)7-5-3-4-6-8-10/h10H,2-8H2,1H3. The quantitative estimate of drug-likeness (QED) is 0.470. The number of ether oxygens (including phenoxy) is 1. The second-order valence-corrected chi connectivity index (χ2v) is 2.69. The fourth-order valence-corrected chi connectivity index (χ4v) is 0.968. The summed E-state index contributed by atoms with van der Waals surface area (Å²) in [7, 11) is 0. The first-order valence-corrected chi connectivity index (χ1v) is 4.57. The second-order valence-electron chi connectivity index (χ2n) is 2.69. The first kappa shape index (κ1) is 11.4. The average Bonchev–Trinajstić information content (AvgIpc) is 2.05. The predicted molar refractivity (Wildman–Crippen MR) is 46.8 cm³/mol. The van der Waals surface area contributed by atoms with Crippen LogP contribution in [0.15, 0.2) is 0 Å². The summed E-state index contributed by atoms with van der Waals surface area (Å²) in [6, 6.07) is 0. The van der Waals surface area contributed by atoms with Crippen LogP contribution in [0.5, 0.6) is 0 Å². The van der Waals surface area contributed by atoms with Crippen LogP contribution in [-0.2, 0) is 9.53 Å². The Morgan fingerprint density at radius 1 is 1.25 bits per heavy atom. The molecule has 0 amide bonds. The maximum absolute atomic E-state index is 10.8. The van der Waals surface area contributed by atoms with Gasteiger partial charge in [0.2, 0.25) is 0 Å². The molecule has 0 atom stereocenters. The summed E-state index contributed by atoms with van der Waals surface area (Å²) in [6.07, 6.45) is 4.22. The first-order valence-electron chi connectivity index (χ1n) is 4.57. The molecule has 0 bridgehead atoms. The third-order valence-corrected chi connectivity index (χ3v) is 1.59. The lowest BCUT2D eigenvalue weighted by Gasteiger charge is -2.00. The molecule has 0 aromatic rings. The largest absolute Gasteiger partial charge is 0.466 e. The van der Waals surface area contributed by atoms with Crippen molar-refractivity contribution in [3.63, 3.8) is 0 Å². The summed E-state index contributed by atoms with van der Waals surface area (Å²) in [5.41, 5.74) is 0. The van der Waals surface area contributed by atoms with Crippen LogP contribution in [0.4, 0.5) is 0 Å². The topological polar surface area (TPSA) is 46.5 Å². The Hall–Kier alpha value is -0.570. The van der Waals surface area contributed by atoms with Crippen LogP contribution in [-0.4, -0.2) is 24.3 Å². The van der Waals surface area contributed by atoms with E-state index in [1.165, 1.54) is 0 Å². The molecule has 0 aliphatic heterocycles. The van der Waals surface area contributed by atoms with Crippen LogP contribution < -0.4 is 0 Å². The normalized spacial score (nSPS) is 9.83. The van der Waals surface area contributed by atoms with E-state index in [0.717, 1.165) is 25.7 Å². The van der Waals surface area contributed by atoms with E-state index >= 15 is 0 Å². The summed E-state index contributed by atoms with van der Waals surface area (Å²) in [5, 5.41) is 8.47. The lowest BCUT2D eigenvalue weighted by Crippen LogP contribution is -2.03. The third-order valence-electron chi connectivity index (χ3n) is 1.59. The molecule has 12 heavy (non-hydrogen) atoms. The molecule has 0 fully saturated rings. The molecule has 0 saturated carbocycles. The number of rotatable bonds is 7. The van der Waals surface area contributed by atoms with Crippen LogP contribution in [0, 0.1) is 0 Å². The summed E-state index contributed by atoms with van der Waals surface area (Å²) >= 11 is 0. The van der Waals surface area contributed by atoms with E-state index in [2.05, 4.69) is 0 Å². The highest BCUT2D eigenvalue weighted by atomic mass is 16.5. The zero-order chi connectivity index (χ0) is 9.23. The zero-order valence-corrected chi connectivity index (χ0v) is 7.71. The zero-order valence-electron chi connectivity index (χ0n) is 7.71. The molecule has 0 aliphatic rings. The van der Waals surface area contributed by atoms with Crippen molar-refractivity contribution in [1.29, 1.82) is 0 Å². The number of unbranched alkanes of at least 4 members (excludes halogenated alkanes) is 3. The molecule has 3 nitrogen and oxygen atoms in total. The number of carbonyl (C=O) groups is 1. The first-order chi connectivity index (χ1) is 5.81. The van der Waals surface area contributed by atoms with Gasteiger partial charge < -0.3 is 9.84 Å². The number of aliphatic hydroxyl groups is 1. The van der Waals surface area contributed by atoms with Crippen LogP contribution in [0.1, 0.15) is 39.0 Å². The van der Waals surface area contributed by atoms with Crippen molar-refractivity contribution < 1.29 is 14.6 Å². The Kier molecular flexibility index (Phi) is 8.12. The van der Waals surface area contributed by atoms with Crippen molar-refractivity contribution in [2.24, 2.45) is 0 Å². The van der Waals surface area contributed by atoms with E-state index < -0.39 is 0 Å². The van der Waals surface area contributed by atoms with Crippen molar-refractivity contribution in [1.82, 2.24) is 0 Å². The highest BCUT2D eigenvalue weighted by Gasteiger charge is 1.99. The fourth-order valence-electron chi connectivity index (χ4n) is 0.968. The minimum absolute atomic E-state index is 0.110. The molecular formula is C9H18O3. The van der Waals surface area contributed by atoms with Crippen molar-refractivity contribution >= 4 is 5.97 Å². The third kappa shape index (κ3) is 7.54. The molecule has 0 heterocycles. The number of hydrogen-bond donors (Lipinski definition) is 1. The van der Waals surface area contributed by atoms with E-state index in [1.807, 2.05) is 6.92 Å². The Morgan fingerprint density at radius 3 is 2.50 bits per heavy atom. The highest BCUT2D eigenvalue weighted by Crippen LogP contribution is 2.03. The molecule has 0 spiro atoms. The van der Waals surface area contributed by atoms with Crippen molar-refractivity contribution in [2.75, 3.05) is 13.2 Å². The van der Waals surface area contributed by atoms with E-state index in [-0.39, 0.29) is 12.6 Å². The molecule has 0 aromatic carbocycles. The van der Waals surface area contributed by atoms with Gasteiger partial charge in [-0.15, -0.1) is 0 Å². The van der Waals surface area contributed by atoms with Gasteiger partial charge in [0.15, 0.2) is 0 Å². The van der Waals surface area contributed by atoms with E-state index in [0.29, 0.717) is 13.0 Å². The lowest BCUT2D eigenvalue weighted by atomic mass is 10.1. The molecule has 0 radical (unpaired) electrons. The number of aliphatic hydroxyl groups excluding tert-OH is 1. The van der Waals surface area contributed by atoms with Crippen molar-refractivity contribution in [3.05, 3.63) is 0 Å². The summed E-state index contributed by atoms with van der Waals surface area (Å²) in [5.74, 6) is -0.110. The van der Waals surface area contributed by atoms with Gasteiger partial charge in [0.25, 0.3) is 0 Å². The SMILES string of the molecule is CCOC(=O)CCCCCCO. The van der Waals surface area contributed by atoms with E-state index in [9.17, 15) is 4.79 Å². The monoisotopic (exact) mass is 174 g/mol. The number of carbonyl (C=O) groups excluding carboxylic acids is 1. The van der Waals surface area contributed by atoms with Gasteiger partial charge in [0.1, 0.15) is 0 Å². The minimum atomic E-state index is -0.110. The van der Waals surface area contributed by atoms with E-state index in [4.69, 9.17) is 9.84 Å². The Labute approximate surface area is 73.7 Å². The molecule has 0 aliphatic carbocycles. The van der Waals surface area contributed by atoms with Crippen LogP contribution in [0.3, 0.4) is 0 Å². The summed E-state index contributed by atoms with van der Waals surface area (Å²) in [4.78, 5) is 10.8. The minimum Gasteiger partial charge on any atom is -0.466 e. The molecule has 0 saturated heterocycles. The van der Waals surface area contributed by atoms with Gasteiger partial charge in [-0.25, -0.2) is 0 Å². The number of hydrogen-bond acceptors (Lipinski definition) is 3. The Morgan fingerprint density at radius 2 is 1.92 bits per heavy atom. The second kappa shape index (κ2) is 8.53. The van der Waals surface area contributed by atoms with Gasteiger partial charge in [0.05, 0.1) is 6.61 Å². The smallest absolute Gasteiger partial charge is 0.305 e. The molecule has 1 N–H and O–H groups in total. The van der Waals surface area contributed by atoms with Gasteiger partial charge >= 0.3 is 5.97 Å². The van der Waals surface area contributed by atoms with Crippen molar-refractivity contribution in [3.8, 4) is 0 Å². The van der Waals surface area contributed by atoms with Crippen LogP contribution in [0.2, 0.25) is 0 Å². The Balaban J connectivity index is 3.03.